The summed E-state index contributed by atoms with van der Waals surface area (Å²) < 4.78 is 0. The molecule has 0 amide bonds. The molecular formula is C44H30O4. The highest BCUT2D eigenvalue weighted by Gasteiger charge is 2.21. The Morgan fingerprint density at radius 3 is 0.875 bits per heavy atom. The van der Waals surface area contributed by atoms with Crippen molar-refractivity contribution in [1.29, 1.82) is 0 Å². The summed E-state index contributed by atoms with van der Waals surface area (Å²) in [6, 6.07) is 44.6. The second-order valence-electron chi connectivity index (χ2n) is 12.5. The third kappa shape index (κ3) is 4.78. The molecule has 0 bridgehead atoms. The van der Waals surface area contributed by atoms with Crippen LogP contribution in [0.2, 0.25) is 0 Å². The van der Waals surface area contributed by atoms with E-state index in [4.69, 9.17) is 0 Å². The van der Waals surface area contributed by atoms with E-state index in [0.717, 1.165) is 76.8 Å². The van der Waals surface area contributed by atoms with E-state index in [1.54, 1.807) is 24.3 Å². The Morgan fingerprint density at radius 1 is 0.375 bits per heavy atom. The highest BCUT2D eigenvalue weighted by molar-refractivity contribution is 6.32. The van der Waals surface area contributed by atoms with E-state index in [2.05, 4.69) is 98.8 Å². The molecule has 0 aliphatic heterocycles. The first-order chi connectivity index (χ1) is 23.3. The second kappa shape index (κ2) is 11.2. The molecule has 4 nitrogen and oxygen atoms in total. The van der Waals surface area contributed by atoms with Crippen molar-refractivity contribution < 1.29 is 19.8 Å². The largest absolute Gasteiger partial charge is 0.478 e. The molecule has 0 fully saturated rings. The second-order valence-corrected chi connectivity index (χ2v) is 12.5. The van der Waals surface area contributed by atoms with Gasteiger partial charge in [0, 0.05) is 0 Å². The van der Waals surface area contributed by atoms with Gasteiger partial charge >= 0.3 is 11.9 Å². The molecule has 8 rings (SSSR count). The number of aryl methyl sites for hydroxylation is 2. The number of carboxylic acids is 2. The lowest BCUT2D eigenvalue weighted by Crippen LogP contribution is -1.97. The quantitative estimate of drug-likeness (QED) is 0.181. The molecule has 0 spiro atoms. The van der Waals surface area contributed by atoms with Gasteiger partial charge in [0.05, 0.1) is 11.1 Å². The van der Waals surface area contributed by atoms with Gasteiger partial charge in [-0.15, -0.1) is 0 Å². The van der Waals surface area contributed by atoms with Crippen molar-refractivity contribution in [1.82, 2.24) is 0 Å². The molecule has 4 heteroatoms. The van der Waals surface area contributed by atoms with Crippen LogP contribution in [0.25, 0.3) is 76.8 Å². The minimum absolute atomic E-state index is 0.247. The number of rotatable bonds is 6. The van der Waals surface area contributed by atoms with Gasteiger partial charge in [0.2, 0.25) is 0 Å². The maximum Gasteiger partial charge on any atom is 0.335 e. The van der Waals surface area contributed by atoms with Gasteiger partial charge in [-0.25, -0.2) is 9.59 Å². The first-order valence-electron chi connectivity index (χ1n) is 15.9. The van der Waals surface area contributed by atoms with Crippen molar-refractivity contribution in [2.24, 2.45) is 0 Å². The SMILES string of the molecule is Cc1ccc(-c2cc(-c3ccc(C(=O)O)cc3)c3ccc4c(-c5ccc(C(=O)O)cc5)cc(-c5ccc(C)cc5)c5ccc2c3c54)cc1. The summed E-state index contributed by atoms with van der Waals surface area (Å²) in [5, 5.41) is 25.9. The van der Waals surface area contributed by atoms with E-state index in [-0.39, 0.29) is 11.1 Å². The molecule has 0 atom stereocenters. The van der Waals surface area contributed by atoms with Gasteiger partial charge in [0.25, 0.3) is 0 Å². The Kier molecular flexibility index (Phi) is 6.81. The van der Waals surface area contributed by atoms with Crippen LogP contribution < -0.4 is 0 Å². The Labute approximate surface area is 277 Å². The predicted octanol–water partition coefficient (Wildman–Crippen LogP) is 11.3. The molecule has 0 radical (unpaired) electrons. The summed E-state index contributed by atoms with van der Waals surface area (Å²) >= 11 is 0. The fourth-order valence-corrected chi connectivity index (χ4v) is 7.00. The third-order valence-corrected chi connectivity index (χ3v) is 9.51. The molecule has 0 heterocycles. The zero-order valence-corrected chi connectivity index (χ0v) is 26.4. The normalized spacial score (nSPS) is 11.5. The number of carbonyl (C=O) groups is 2. The highest BCUT2D eigenvalue weighted by Crippen LogP contribution is 2.48. The van der Waals surface area contributed by atoms with E-state index in [0.29, 0.717) is 0 Å². The van der Waals surface area contributed by atoms with E-state index in [9.17, 15) is 19.8 Å². The van der Waals surface area contributed by atoms with Gasteiger partial charge in [0.1, 0.15) is 0 Å². The maximum absolute atomic E-state index is 11.7. The average Bonchev–Trinajstić information content (AvgIpc) is 3.11. The van der Waals surface area contributed by atoms with E-state index < -0.39 is 11.9 Å². The molecule has 0 saturated heterocycles. The number of carboxylic acid groups (broad SMARTS) is 2. The first kappa shape index (κ1) is 29.2. The van der Waals surface area contributed by atoms with Crippen molar-refractivity contribution >= 4 is 44.3 Å². The summed E-state index contributed by atoms with van der Waals surface area (Å²) in [5.74, 6) is -1.91. The van der Waals surface area contributed by atoms with Crippen LogP contribution in [0.15, 0.2) is 133 Å². The van der Waals surface area contributed by atoms with Crippen molar-refractivity contribution in [3.05, 3.63) is 156 Å². The van der Waals surface area contributed by atoms with Crippen LogP contribution in [0.3, 0.4) is 0 Å². The summed E-state index contributed by atoms with van der Waals surface area (Å²) in [7, 11) is 0. The first-order valence-corrected chi connectivity index (χ1v) is 15.9. The van der Waals surface area contributed by atoms with Gasteiger partial charge in [0.15, 0.2) is 0 Å². The molecular weight excluding hydrogens is 592 g/mol. The van der Waals surface area contributed by atoms with E-state index in [1.165, 1.54) is 11.1 Å². The van der Waals surface area contributed by atoms with Crippen molar-refractivity contribution in [3.8, 4) is 44.5 Å². The minimum Gasteiger partial charge on any atom is -0.478 e. The van der Waals surface area contributed by atoms with Crippen LogP contribution in [0.5, 0.6) is 0 Å². The fraction of sp³-hybridized carbons (Fsp3) is 0.0455. The number of hydrogen-bond donors (Lipinski definition) is 2. The Hall–Kier alpha value is -6.26. The summed E-state index contributed by atoms with van der Waals surface area (Å²) in [5.41, 5.74) is 11.2. The number of hydrogen-bond acceptors (Lipinski definition) is 2. The van der Waals surface area contributed by atoms with Gasteiger partial charge < -0.3 is 10.2 Å². The molecule has 8 aromatic rings. The lowest BCUT2D eigenvalue weighted by molar-refractivity contribution is 0.0686. The van der Waals surface area contributed by atoms with Crippen LogP contribution in [-0.2, 0) is 0 Å². The lowest BCUT2D eigenvalue weighted by Gasteiger charge is -2.21. The van der Waals surface area contributed by atoms with Crippen LogP contribution >= 0.6 is 0 Å². The van der Waals surface area contributed by atoms with Crippen LogP contribution in [-0.4, -0.2) is 22.2 Å². The Morgan fingerprint density at radius 2 is 0.625 bits per heavy atom. The molecule has 8 aromatic carbocycles. The maximum atomic E-state index is 11.7. The number of benzene rings is 8. The molecule has 0 unspecified atom stereocenters. The lowest BCUT2D eigenvalue weighted by atomic mass is 9.82. The third-order valence-electron chi connectivity index (χ3n) is 9.51. The fourth-order valence-electron chi connectivity index (χ4n) is 7.00. The molecule has 0 aliphatic carbocycles. The molecule has 0 aromatic heterocycles. The Balaban J connectivity index is 1.52. The van der Waals surface area contributed by atoms with E-state index in [1.807, 2.05) is 24.3 Å². The van der Waals surface area contributed by atoms with Gasteiger partial charge in [-0.05, 0) is 127 Å². The monoisotopic (exact) mass is 622 g/mol. The summed E-state index contributed by atoms with van der Waals surface area (Å²) in [4.78, 5) is 23.4. The van der Waals surface area contributed by atoms with Crippen LogP contribution in [0, 0.1) is 13.8 Å². The zero-order valence-electron chi connectivity index (χ0n) is 26.4. The van der Waals surface area contributed by atoms with Crippen molar-refractivity contribution in [2.45, 2.75) is 13.8 Å². The van der Waals surface area contributed by atoms with Gasteiger partial charge in [-0.1, -0.05) is 108 Å². The molecule has 0 aliphatic rings. The molecule has 48 heavy (non-hydrogen) atoms. The smallest absolute Gasteiger partial charge is 0.335 e. The highest BCUT2D eigenvalue weighted by atomic mass is 16.4. The van der Waals surface area contributed by atoms with Gasteiger partial charge in [-0.3, -0.25) is 0 Å². The average molecular weight is 623 g/mol. The van der Waals surface area contributed by atoms with Gasteiger partial charge in [-0.2, -0.15) is 0 Å². The molecule has 2 N–H and O–H groups in total. The van der Waals surface area contributed by atoms with Crippen LogP contribution in [0.1, 0.15) is 31.8 Å². The topological polar surface area (TPSA) is 74.6 Å². The summed E-state index contributed by atoms with van der Waals surface area (Å²) in [6.07, 6.45) is 0. The Bertz CT molecular complexity index is 2340. The summed E-state index contributed by atoms with van der Waals surface area (Å²) in [6.45, 7) is 4.17. The van der Waals surface area contributed by atoms with Crippen molar-refractivity contribution in [3.63, 3.8) is 0 Å². The van der Waals surface area contributed by atoms with E-state index >= 15 is 0 Å². The number of aromatic carboxylic acids is 2. The molecule has 0 saturated carbocycles. The predicted molar refractivity (Wildman–Crippen MR) is 195 cm³/mol. The van der Waals surface area contributed by atoms with Crippen molar-refractivity contribution in [2.75, 3.05) is 0 Å². The standard InChI is InChI=1S/C44H30O4/c1-25-3-7-27(8-4-25)37-23-39(29-11-15-31(16-12-29)43(45)46)35-21-22-36-40(30-13-17-32(18-14-30)44(47)48)24-38(28-9-5-26(2)6-10-28)34-20-19-33(37)41(35)42(34)36/h3-24H,1-2H3,(H,45,46)(H,47,48). The minimum atomic E-state index is -0.954. The zero-order chi connectivity index (χ0) is 33.1. The van der Waals surface area contributed by atoms with Crippen LogP contribution in [0.4, 0.5) is 0 Å². The molecule has 230 valence electrons.